The summed E-state index contributed by atoms with van der Waals surface area (Å²) < 4.78 is 39.8. The molecular formula is C14H12FNO4S. The lowest BCUT2D eigenvalue weighted by atomic mass is 10.2. The largest absolute Gasteiger partial charge is 0.481 e. The Morgan fingerprint density at radius 2 is 1.71 bits per heavy atom. The Morgan fingerprint density at radius 3 is 2.29 bits per heavy atom. The van der Waals surface area contributed by atoms with Crippen LogP contribution in [0.25, 0.3) is 0 Å². The standard InChI is InChI=1S/C14H12FNO4S/c15-12-3-1-2-4-13(12)16-21(19,20)11-7-5-10(6-8-11)9-14(17)18/h1-8,16H,9H2,(H,17,18). The van der Waals surface area contributed by atoms with Gasteiger partial charge in [-0.15, -0.1) is 0 Å². The van der Waals surface area contributed by atoms with Crippen LogP contribution in [0.4, 0.5) is 10.1 Å². The Bertz CT molecular complexity index is 757. The highest BCUT2D eigenvalue weighted by Crippen LogP contribution is 2.19. The molecule has 0 aromatic heterocycles. The van der Waals surface area contributed by atoms with E-state index in [0.717, 1.165) is 6.07 Å². The molecule has 0 saturated heterocycles. The van der Waals surface area contributed by atoms with Crippen LogP contribution in [-0.4, -0.2) is 19.5 Å². The summed E-state index contributed by atoms with van der Waals surface area (Å²) in [4.78, 5) is 10.5. The minimum Gasteiger partial charge on any atom is -0.481 e. The third-order valence-electron chi connectivity index (χ3n) is 2.71. The van der Waals surface area contributed by atoms with Crippen molar-refractivity contribution < 1.29 is 22.7 Å². The molecule has 0 fully saturated rings. The molecule has 0 bridgehead atoms. The van der Waals surface area contributed by atoms with E-state index in [1.54, 1.807) is 0 Å². The maximum atomic E-state index is 13.5. The van der Waals surface area contributed by atoms with Gasteiger partial charge in [0.25, 0.3) is 10.0 Å². The summed E-state index contributed by atoms with van der Waals surface area (Å²) in [5.74, 6) is -1.68. The highest BCUT2D eigenvalue weighted by atomic mass is 32.2. The Labute approximate surface area is 121 Å². The van der Waals surface area contributed by atoms with Crippen LogP contribution in [0, 0.1) is 5.82 Å². The van der Waals surface area contributed by atoms with E-state index in [0.29, 0.717) is 5.56 Å². The molecule has 0 saturated carbocycles. The monoisotopic (exact) mass is 309 g/mol. The fraction of sp³-hybridized carbons (Fsp3) is 0.0714. The zero-order valence-corrected chi connectivity index (χ0v) is 11.6. The molecule has 21 heavy (non-hydrogen) atoms. The summed E-state index contributed by atoms with van der Waals surface area (Å²) in [6.45, 7) is 0. The van der Waals surface area contributed by atoms with E-state index in [4.69, 9.17) is 5.11 Å². The molecule has 0 spiro atoms. The number of aliphatic carboxylic acids is 1. The molecule has 2 aromatic carbocycles. The van der Waals surface area contributed by atoms with Crippen molar-refractivity contribution >= 4 is 21.7 Å². The van der Waals surface area contributed by atoms with Gasteiger partial charge in [0, 0.05) is 0 Å². The predicted molar refractivity (Wildman–Crippen MR) is 75.0 cm³/mol. The molecule has 2 aromatic rings. The third kappa shape index (κ3) is 3.79. The second-order valence-corrected chi connectivity index (χ2v) is 5.98. The predicted octanol–water partition coefficient (Wildman–Crippen LogP) is 2.25. The maximum Gasteiger partial charge on any atom is 0.307 e. The SMILES string of the molecule is O=C(O)Cc1ccc(S(=O)(=O)Nc2ccccc2F)cc1. The van der Waals surface area contributed by atoms with Crippen molar-refractivity contribution in [2.45, 2.75) is 11.3 Å². The minimum absolute atomic E-state index is 0.0695. The van der Waals surface area contributed by atoms with Crippen LogP contribution in [0.5, 0.6) is 0 Å². The quantitative estimate of drug-likeness (QED) is 0.887. The van der Waals surface area contributed by atoms with Gasteiger partial charge < -0.3 is 5.11 Å². The summed E-state index contributed by atoms with van der Waals surface area (Å²) in [5, 5.41) is 8.65. The van der Waals surface area contributed by atoms with Gasteiger partial charge in [-0.1, -0.05) is 24.3 Å². The number of carboxylic acid groups (broad SMARTS) is 1. The molecule has 7 heteroatoms. The number of hydrogen-bond donors (Lipinski definition) is 2. The first kappa shape index (κ1) is 15.0. The smallest absolute Gasteiger partial charge is 0.307 e. The van der Waals surface area contributed by atoms with Crippen molar-refractivity contribution in [3.63, 3.8) is 0 Å². The number of hydrogen-bond acceptors (Lipinski definition) is 3. The first-order valence-corrected chi connectivity index (χ1v) is 7.45. The zero-order valence-electron chi connectivity index (χ0n) is 10.8. The van der Waals surface area contributed by atoms with Crippen molar-refractivity contribution in [1.29, 1.82) is 0 Å². The number of anilines is 1. The van der Waals surface area contributed by atoms with Gasteiger partial charge in [-0.05, 0) is 29.8 Å². The van der Waals surface area contributed by atoms with Crippen molar-refractivity contribution in [1.82, 2.24) is 0 Å². The topological polar surface area (TPSA) is 83.5 Å². The lowest BCUT2D eigenvalue weighted by molar-refractivity contribution is -0.136. The van der Waals surface area contributed by atoms with Crippen LogP contribution in [0.3, 0.4) is 0 Å². The van der Waals surface area contributed by atoms with Gasteiger partial charge in [-0.25, -0.2) is 12.8 Å². The van der Waals surface area contributed by atoms with E-state index in [2.05, 4.69) is 4.72 Å². The molecule has 0 heterocycles. The van der Waals surface area contributed by atoms with Gasteiger partial charge >= 0.3 is 5.97 Å². The second-order valence-electron chi connectivity index (χ2n) is 4.30. The van der Waals surface area contributed by atoms with Gasteiger partial charge in [0.2, 0.25) is 0 Å². The molecule has 0 amide bonds. The fourth-order valence-electron chi connectivity index (χ4n) is 1.71. The third-order valence-corrected chi connectivity index (χ3v) is 4.09. The number of carbonyl (C=O) groups is 1. The Kier molecular flexibility index (Phi) is 4.23. The normalized spacial score (nSPS) is 11.1. The van der Waals surface area contributed by atoms with Crippen molar-refractivity contribution in [3.05, 3.63) is 59.9 Å². The summed E-state index contributed by atoms with van der Waals surface area (Å²) in [5.41, 5.74) is 0.333. The molecule has 2 N–H and O–H groups in total. The Hall–Kier alpha value is -2.41. The van der Waals surface area contributed by atoms with Crippen LogP contribution in [0.2, 0.25) is 0 Å². The van der Waals surface area contributed by atoms with Crippen molar-refractivity contribution in [2.75, 3.05) is 4.72 Å². The van der Waals surface area contributed by atoms with Crippen molar-refractivity contribution in [3.8, 4) is 0 Å². The summed E-state index contributed by atoms with van der Waals surface area (Å²) >= 11 is 0. The van der Waals surface area contributed by atoms with Gasteiger partial charge in [0.05, 0.1) is 17.0 Å². The highest BCUT2D eigenvalue weighted by molar-refractivity contribution is 7.92. The lowest BCUT2D eigenvalue weighted by Crippen LogP contribution is -2.14. The number of benzene rings is 2. The number of nitrogens with one attached hydrogen (secondary N) is 1. The Balaban J connectivity index is 2.24. The van der Waals surface area contributed by atoms with Crippen LogP contribution in [0.15, 0.2) is 53.4 Å². The first-order chi connectivity index (χ1) is 9.88. The lowest BCUT2D eigenvalue weighted by Gasteiger charge is -2.09. The molecule has 0 unspecified atom stereocenters. The molecule has 5 nitrogen and oxygen atoms in total. The summed E-state index contributed by atoms with van der Waals surface area (Å²) in [6, 6.07) is 10.8. The van der Waals surface area contributed by atoms with Crippen LogP contribution in [-0.2, 0) is 21.2 Å². The number of halogens is 1. The second kappa shape index (κ2) is 5.92. The number of carboxylic acids is 1. The zero-order chi connectivity index (χ0) is 15.5. The van der Waals surface area contributed by atoms with E-state index in [-0.39, 0.29) is 17.0 Å². The van der Waals surface area contributed by atoms with Crippen LogP contribution < -0.4 is 4.72 Å². The summed E-state index contributed by atoms with van der Waals surface area (Å²) in [7, 11) is -3.92. The minimum atomic E-state index is -3.92. The number of sulfonamides is 1. The van der Waals surface area contributed by atoms with Crippen molar-refractivity contribution in [2.24, 2.45) is 0 Å². The van der Waals surface area contributed by atoms with E-state index in [9.17, 15) is 17.6 Å². The maximum absolute atomic E-state index is 13.5. The number of rotatable bonds is 5. The molecular weight excluding hydrogens is 297 g/mol. The van der Waals surface area contributed by atoms with E-state index < -0.39 is 21.8 Å². The van der Waals surface area contributed by atoms with E-state index in [1.165, 1.54) is 42.5 Å². The van der Waals surface area contributed by atoms with Gasteiger partial charge in [0.15, 0.2) is 0 Å². The molecule has 110 valence electrons. The molecule has 0 aliphatic heterocycles. The molecule has 0 aliphatic carbocycles. The molecule has 0 aliphatic rings. The average Bonchev–Trinajstić information content (AvgIpc) is 2.41. The van der Waals surface area contributed by atoms with E-state index >= 15 is 0 Å². The Morgan fingerprint density at radius 1 is 1.10 bits per heavy atom. The van der Waals surface area contributed by atoms with Crippen LogP contribution >= 0.6 is 0 Å². The molecule has 0 atom stereocenters. The average molecular weight is 309 g/mol. The van der Waals surface area contributed by atoms with Gasteiger partial charge in [-0.2, -0.15) is 0 Å². The van der Waals surface area contributed by atoms with Crippen LogP contribution in [0.1, 0.15) is 5.56 Å². The summed E-state index contributed by atoms with van der Waals surface area (Å²) in [6.07, 6.45) is -0.193. The first-order valence-electron chi connectivity index (χ1n) is 5.96. The fourth-order valence-corrected chi connectivity index (χ4v) is 2.78. The van der Waals surface area contributed by atoms with E-state index in [1.807, 2.05) is 0 Å². The molecule has 0 radical (unpaired) electrons. The molecule has 2 rings (SSSR count). The van der Waals surface area contributed by atoms with Gasteiger partial charge in [-0.3, -0.25) is 9.52 Å². The highest BCUT2D eigenvalue weighted by Gasteiger charge is 2.16. The van der Waals surface area contributed by atoms with Gasteiger partial charge in [0.1, 0.15) is 5.82 Å². The number of para-hydroxylation sites is 1.